The van der Waals surface area contributed by atoms with E-state index >= 15 is 0 Å². The molecule has 2 aromatic rings. The minimum atomic E-state index is -1.08. The number of pyridine rings is 1. The second-order valence-corrected chi connectivity index (χ2v) is 5.35. The Balaban J connectivity index is 2.22. The standard InChI is InChI=1S/C14H16N4O4/c1-7-9(12(20)21)5-6-10(15-7)11(19)17-14(3,4)13-16-8(2)22-18-13/h5-6H,1-4H3,(H,17,19)(H,20,21). The minimum absolute atomic E-state index is 0.0598. The first-order valence-corrected chi connectivity index (χ1v) is 6.55. The summed E-state index contributed by atoms with van der Waals surface area (Å²) in [5.41, 5.74) is -0.399. The number of rotatable bonds is 4. The first-order valence-electron chi connectivity index (χ1n) is 6.55. The summed E-state index contributed by atoms with van der Waals surface area (Å²) in [6.45, 7) is 6.65. The maximum absolute atomic E-state index is 12.3. The van der Waals surface area contributed by atoms with E-state index in [0.717, 1.165) is 0 Å². The van der Waals surface area contributed by atoms with Gasteiger partial charge in [0.25, 0.3) is 5.91 Å². The highest BCUT2D eigenvalue weighted by atomic mass is 16.5. The Hall–Kier alpha value is -2.77. The number of hydrogen-bond acceptors (Lipinski definition) is 6. The van der Waals surface area contributed by atoms with Crippen LogP contribution in [0.4, 0.5) is 0 Å². The average Bonchev–Trinajstić information content (AvgIpc) is 2.85. The van der Waals surface area contributed by atoms with Gasteiger partial charge in [0, 0.05) is 6.92 Å². The van der Waals surface area contributed by atoms with Gasteiger partial charge in [0.1, 0.15) is 5.69 Å². The first-order chi connectivity index (χ1) is 10.2. The van der Waals surface area contributed by atoms with Crippen LogP contribution in [0.15, 0.2) is 16.7 Å². The second kappa shape index (κ2) is 5.55. The molecule has 2 N–H and O–H groups in total. The topological polar surface area (TPSA) is 118 Å². The van der Waals surface area contributed by atoms with Crippen molar-refractivity contribution in [3.63, 3.8) is 0 Å². The van der Waals surface area contributed by atoms with E-state index in [0.29, 0.717) is 11.7 Å². The Bertz CT molecular complexity index is 736. The molecular formula is C14H16N4O4. The van der Waals surface area contributed by atoms with Gasteiger partial charge in [0.2, 0.25) is 5.89 Å². The number of carboxylic acids is 1. The molecule has 0 saturated heterocycles. The zero-order chi connectivity index (χ0) is 16.5. The number of hydrogen-bond donors (Lipinski definition) is 2. The molecule has 0 atom stereocenters. The highest BCUT2D eigenvalue weighted by Crippen LogP contribution is 2.17. The lowest BCUT2D eigenvalue weighted by atomic mass is 10.0. The van der Waals surface area contributed by atoms with Crippen molar-refractivity contribution in [1.82, 2.24) is 20.4 Å². The molecule has 0 unspecified atom stereocenters. The van der Waals surface area contributed by atoms with Crippen LogP contribution in [0.25, 0.3) is 0 Å². The Kier molecular flexibility index (Phi) is 3.94. The summed E-state index contributed by atoms with van der Waals surface area (Å²) in [6.07, 6.45) is 0. The molecule has 0 bridgehead atoms. The molecular weight excluding hydrogens is 288 g/mol. The number of nitrogens with zero attached hydrogens (tertiary/aromatic N) is 3. The molecule has 2 rings (SSSR count). The maximum atomic E-state index is 12.3. The van der Waals surface area contributed by atoms with E-state index in [1.807, 2.05) is 0 Å². The van der Waals surface area contributed by atoms with Crippen LogP contribution in [0.1, 0.15) is 52.1 Å². The fraction of sp³-hybridized carbons (Fsp3) is 0.357. The van der Waals surface area contributed by atoms with Gasteiger partial charge in [-0.25, -0.2) is 9.78 Å². The molecule has 0 fully saturated rings. The third-order valence-corrected chi connectivity index (χ3v) is 3.06. The monoisotopic (exact) mass is 304 g/mol. The predicted molar refractivity (Wildman–Crippen MR) is 75.5 cm³/mol. The van der Waals surface area contributed by atoms with E-state index in [1.54, 1.807) is 20.8 Å². The Morgan fingerprint density at radius 2 is 1.91 bits per heavy atom. The number of aromatic nitrogens is 3. The summed E-state index contributed by atoms with van der Waals surface area (Å²) in [6, 6.07) is 2.72. The number of carboxylic acid groups (broad SMARTS) is 1. The minimum Gasteiger partial charge on any atom is -0.478 e. The van der Waals surface area contributed by atoms with Crippen molar-refractivity contribution in [3.8, 4) is 0 Å². The van der Waals surface area contributed by atoms with Gasteiger partial charge in [-0.1, -0.05) is 5.16 Å². The highest BCUT2D eigenvalue weighted by Gasteiger charge is 2.29. The average molecular weight is 304 g/mol. The van der Waals surface area contributed by atoms with Crippen LogP contribution in [0.5, 0.6) is 0 Å². The van der Waals surface area contributed by atoms with Crippen LogP contribution in [-0.2, 0) is 5.54 Å². The molecule has 1 amide bonds. The molecule has 0 aliphatic rings. The number of amides is 1. The molecule has 8 heteroatoms. The lowest BCUT2D eigenvalue weighted by molar-refractivity contribution is 0.0694. The molecule has 0 saturated carbocycles. The van der Waals surface area contributed by atoms with Crippen molar-refractivity contribution in [2.24, 2.45) is 0 Å². The smallest absolute Gasteiger partial charge is 0.337 e. The van der Waals surface area contributed by atoms with E-state index in [-0.39, 0.29) is 17.0 Å². The number of aromatic carboxylic acids is 1. The number of nitrogens with one attached hydrogen (secondary N) is 1. The van der Waals surface area contributed by atoms with E-state index in [9.17, 15) is 9.59 Å². The Morgan fingerprint density at radius 3 is 2.41 bits per heavy atom. The molecule has 0 aliphatic heterocycles. The summed E-state index contributed by atoms with van der Waals surface area (Å²) in [4.78, 5) is 31.3. The lowest BCUT2D eigenvalue weighted by Crippen LogP contribution is -2.42. The zero-order valence-electron chi connectivity index (χ0n) is 12.7. The van der Waals surface area contributed by atoms with Crippen molar-refractivity contribution in [2.45, 2.75) is 33.2 Å². The second-order valence-electron chi connectivity index (χ2n) is 5.35. The Labute approximate surface area is 126 Å². The maximum Gasteiger partial charge on any atom is 0.337 e. The SMILES string of the molecule is Cc1nc(C(C)(C)NC(=O)c2ccc(C(=O)O)c(C)n2)no1. The third kappa shape index (κ3) is 3.11. The van der Waals surface area contributed by atoms with Gasteiger partial charge in [-0.05, 0) is 32.9 Å². The van der Waals surface area contributed by atoms with Crippen molar-refractivity contribution in [1.29, 1.82) is 0 Å². The number of aryl methyl sites for hydroxylation is 2. The first kappa shape index (κ1) is 15.6. The van der Waals surface area contributed by atoms with Crippen molar-refractivity contribution in [2.75, 3.05) is 0 Å². The summed E-state index contributed by atoms with van der Waals surface area (Å²) in [7, 11) is 0. The largest absolute Gasteiger partial charge is 0.478 e. The molecule has 22 heavy (non-hydrogen) atoms. The molecule has 2 heterocycles. The molecule has 116 valence electrons. The molecule has 0 radical (unpaired) electrons. The van der Waals surface area contributed by atoms with Crippen molar-refractivity contribution >= 4 is 11.9 Å². The zero-order valence-corrected chi connectivity index (χ0v) is 12.7. The number of carbonyl (C=O) groups excluding carboxylic acids is 1. The van der Waals surface area contributed by atoms with Crippen LogP contribution >= 0.6 is 0 Å². The summed E-state index contributed by atoms with van der Waals surface area (Å²) in [5, 5.41) is 15.5. The third-order valence-electron chi connectivity index (χ3n) is 3.06. The Morgan fingerprint density at radius 1 is 1.23 bits per heavy atom. The molecule has 0 spiro atoms. The normalized spacial score (nSPS) is 11.3. The van der Waals surface area contributed by atoms with Gasteiger partial charge in [-0.2, -0.15) is 4.98 Å². The van der Waals surface area contributed by atoms with E-state index in [2.05, 4.69) is 20.4 Å². The summed E-state index contributed by atoms with van der Waals surface area (Å²) >= 11 is 0. The van der Waals surface area contributed by atoms with E-state index in [1.165, 1.54) is 19.1 Å². The molecule has 0 aliphatic carbocycles. The van der Waals surface area contributed by atoms with E-state index < -0.39 is 17.4 Å². The van der Waals surface area contributed by atoms with Crippen LogP contribution in [-0.4, -0.2) is 32.1 Å². The summed E-state index contributed by atoms with van der Waals surface area (Å²) in [5.74, 6) is -0.790. The van der Waals surface area contributed by atoms with Crippen LogP contribution < -0.4 is 5.32 Å². The van der Waals surface area contributed by atoms with Gasteiger partial charge in [-0.15, -0.1) is 0 Å². The number of carbonyl (C=O) groups is 2. The van der Waals surface area contributed by atoms with Gasteiger partial charge >= 0.3 is 5.97 Å². The summed E-state index contributed by atoms with van der Waals surface area (Å²) < 4.78 is 4.91. The van der Waals surface area contributed by atoms with Crippen molar-refractivity contribution in [3.05, 3.63) is 40.8 Å². The fourth-order valence-electron chi connectivity index (χ4n) is 1.87. The van der Waals surface area contributed by atoms with Crippen molar-refractivity contribution < 1.29 is 19.2 Å². The molecule has 8 nitrogen and oxygen atoms in total. The molecule has 2 aromatic heterocycles. The lowest BCUT2D eigenvalue weighted by Gasteiger charge is -2.22. The van der Waals surface area contributed by atoms with Gasteiger partial charge < -0.3 is 14.9 Å². The van der Waals surface area contributed by atoms with Crippen LogP contribution in [0.2, 0.25) is 0 Å². The van der Waals surface area contributed by atoms with Gasteiger partial charge in [0.15, 0.2) is 5.82 Å². The van der Waals surface area contributed by atoms with Crippen LogP contribution in [0, 0.1) is 13.8 Å². The quantitative estimate of drug-likeness (QED) is 0.877. The molecule has 0 aromatic carbocycles. The fourth-order valence-corrected chi connectivity index (χ4v) is 1.87. The van der Waals surface area contributed by atoms with E-state index in [4.69, 9.17) is 9.63 Å². The van der Waals surface area contributed by atoms with Crippen LogP contribution in [0.3, 0.4) is 0 Å². The van der Waals surface area contributed by atoms with Gasteiger partial charge in [0.05, 0.1) is 16.8 Å². The highest BCUT2D eigenvalue weighted by molar-refractivity contribution is 5.94. The predicted octanol–water partition coefficient (Wildman–Crippen LogP) is 1.44. The van der Waals surface area contributed by atoms with Gasteiger partial charge in [-0.3, -0.25) is 4.79 Å².